The van der Waals surface area contributed by atoms with Crippen LogP contribution < -0.4 is 4.72 Å². The first-order chi connectivity index (χ1) is 16.8. The molecule has 206 valence electrons. The van der Waals surface area contributed by atoms with E-state index in [0.717, 1.165) is 37.7 Å². The van der Waals surface area contributed by atoms with Crippen LogP contribution >= 0.6 is 0 Å². The number of hydrogen-bond acceptors (Lipinski definition) is 6. The molecule has 0 saturated heterocycles. The maximum Gasteiger partial charge on any atom is 0.416 e. The molecular weight excluding hydrogens is 499 g/mol. The average Bonchev–Trinajstić information content (AvgIpc) is 3.03. The lowest BCUT2D eigenvalue weighted by atomic mass is 9.84. The van der Waals surface area contributed by atoms with Gasteiger partial charge >= 0.3 is 6.18 Å². The van der Waals surface area contributed by atoms with E-state index >= 15 is 0 Å². The van der Waals surface area contributed by atoms with Gasteiger partial charge < -0.3 is 15.3 Å². The van der Waals surface area contributed by atoms with Crippen molar-refractivity contribution in [2.24, 2.45) is 11.8 Å². The quantitative estimate of drug-likeness (QED) is 0.269. The number of amides is 1. The van der Waals surface area contributed by atoms with Crippen LogP contribution in [0.25, 0.3) is 0 Å². The summed E-state index contributed by atoms with van der Waals surface area (Å²) in [5.74, 6) is -0.800. The van der Waals surface area contributed by atoms with Gasteiger partial charge in [0.1, 0.15) is 0 Å². The summed E-state index contributed by atoms with van der Waals surface area (Å²) in [6.45, 7) is 0. The summed E-state index contributed by atoms with van der Waals surface area (Å²) in [6, 6.07) is 5.07. The van der Waals surface area contributed by atoms with Crippen LogP contribution in [0.15, 0.2) is 24.3 Å². The molecule has 0 radical (unpaired) electrons. The third kappa shape index (κ3) is 10.7. The molecule has 1 aromatic carbocycles. The molecule has 0 aliphatic heterocycles. The summed E-state index contributed by atoms with van der Waals surface area (Å²) < 4.78 is 62.6. The third-order valence-corrected chi connectivity index (χ3v) is 7.46. The Morgan fingerprint density at radius 1 is 1.06 bits per heavy atom. The predicted octanol–water partition coefficient (Wildman–Crippen LogP) is 3.55. The van der Waals surface area contributed by atoms with Gasteiger partial charge in [0.05, 0.1) is 30.1 Å². The lowest BCUT2D eigenvalue weighted by Gasteiger charge is -2.24. The molecule has 0 heterocycles. The zero-order valence-corrected chi connectivity index (χ0v) is 21.4. The van der Waals surface area contributed by atoms with Crippen molar-refractivity contribution in [3.05, 3.63) is 35.4 Å². The van der Waals surface area contributed by atoms with E-state index in [1.807, 2.05) is 4.72 Å². The van der Waals surface area contributed by atoms with Gasteiger partial charge in [-0.15, -0.1) is 0 Å². The summed E-state index contributed by atoms with van der Waals surface area (Å²) in [4.78, 5) is 11.5. The van der Waals surface area contributed by atoms with Crippen molar-refractivity contribution in [3.8, 4) is 0 Å². The van der Waals surface area contributed by atoms with Gasteiger partial charge in [0.2, 0.25) is 15.9 Å². The van der Waals surface area contributed by atoms with Gasteiger partial charge in [-0.3, -0.25) is 9.52 Å². The molecular formula is C25H38F3NO6S. The molecule has 1 aliphatic rings. The minimum atomic E-state index is -4.41. The van der Waals surface area contributed by atoms with E-state index < -0.39 is 46.0 Å². The number of halogens is 3. The molecule has 0 bridgehead atoms. The van der Waals surface area contributed by atoms with E-state index in [-0.39, 0.29) is 24.7 Å². The average molecular weight is 538 g/mol. The molecule has 1 aromatic rings. The Bertz CT molecular complexity index is 940. The van der Waals surface area contributed by atoms with Crippen LogP contribution in [-0.2, 0) is 27.4 Å². The summed E-state index contributed by atoms with van der Waals surface area (Å²) in [6.07, 6.45) is 0.00666. The van der Waals surface area contributed by atoms with Crippen molar-refractivity contribution < 1.29 is 41.7 Å². The van der Waals surface area contributed by atoms with Gasteiger partial charge in [-0.25, -0.2) is 8.42 Å². The number of carbonyl (C=O) groups is 1. The summed E-state index contributed by atoms with van der Waals surface area (Å²) in [5, 5.41) is 31.2. The monoisotopic (exact) mass is 537 g/mol. The Labute approximate surface area is 211 Å². The van der Waals surface area contributed by atoms with Crippen molar-refractivity contribution >= 4 is 15.9 Å². The van der Waals surface area contributed by atoms with E-state index in [1.54, 1.807) is 6.07 Å². The topological polar surface area (TPSA) is 124 Å². The minimum absolute atomic E-state index is 0.107. The normalized spacial score (nSPS) is 23.5. The molecule has 0 aromatic heterocycles. The molecule has 1 amide bonds. The number of unbranched alkanes of at least 4 members (excludes halogenated alkanes) is 3. The van der Waals surface area contributed by atoms with Gasteiger partial charge in [-0.1, -0.05) is 37.5 Å². The Balaban J connectivity index is 1.72. The van der Waals surface area contributed by atoms with Crippen molar-refractivity contribution in [3.63, 3.8) is 0 Å². The lowest BCUT2D eigenvalue weighted by molar-refractivity contribution is -0.137. The molecule has 1 saturated carbocycles. The molecule has 36 heavy (non-hydrogen) atoms. The van der Waals surface area contributed by atoms with Crippen LogP contribution in [0, 0.1) is 11.8 Å². The molecule has 1 fully saturated rings. The molecule has 7 nitrogen and oxygen atoms in total. The van der Waals surface area contributed by atoms with E-state index in [2.05, 4.69) is 0 Å². The summed E-state index contributed by atoms with van der Waals surface area (Å²) in [7, 11) is -3.55. The Morgan fingerprint density at radius 2 is 1.69 bits per heavy atom. The second-order valence-electron chi connectivity index (χ2n) is 9.92. The maximum atomic E-state index is 12.9. The van der Waals surface area contributed by atoms with E-state index in [0.29, 0.717) is 44.1 Å². The first-order valence-electron chi connectivity index (χ1n) is 12.5. The highest BCUT2D eigenvalue weighted by Crippen LogP contribution is 2.39. The van der Waals surface area contributed by atoms with Crippen molar-refractivity contribution in [1.82, 2.24) is 4.72 Å². The second-order valence-corrected chi connectivity index (χ2v) is 11.7. The fourth-order valence-corrected chi connectivity index (χ4v) is 5.54. The van der Waals surface area contributed by atoms with Crippen molar-refractivity contribution in [1.29, 1.82) is 0 Å². The Morgan fingerprint density at radius 3 is 2.33 bits per heavy atom. The van der Waals surface area contributed by atoms with Crippen LogP contribution in [0.2, 0.25) is 0 Å². The van der Waals surface area contributed by atoms with Gasteiger partial charge in [-0.05, 0) is 68.4 Å². The zero-order valence-electron chi connectivity index (χ0n) is 20.6. The number of carbonyl (C=O) groups excluding carboxylic acids is 1. The number of sulfonamides is 1. The number of aryl methyl sites for hydroxylation is 1. The van der Waals surface area contributed by atoms with Gasteiger partial charge in [0.25, 0.3) is 0 Å². The number of aliphatic hydroxyl groups is 3. The second kappa shape index (κ2) is 13.7. The van der Waals surface area contributed by atoms with Gasteiger partial charge in [0.15, 0.2) is 0 Å². The van der Waals surface area contributed by atoms with E-state index in [9.17, 15) is 41.7 Å². The molecule has 1 aliphatic carbocycles. The fraction of sp³-hybridized carbons (Fsp3) is 0.720. The van der Waals surface area contributed by atoms with Crippen molar-refractivity contribution in [2.45, 2.75) is 95.1 Å². The number of rotatable bonds is 14. The molecule has 5 atom stereocenters. The highest BCUT2D eigenvalue weighted by atomic mass is 32.2. The van der Waals surface area contributed by atoms with Gasteiger partial charge in [0, 0.05) is 6.42 Å². The standard InChI is InChI=1S/C25H38F3NO6S/c1-36(34,35)29-24(33)10-5-3-2-4-9-20-21(23(32)16-22(20)31)14-13-19(30)12-11-17-7-6-8-18(15-17)25(26,27)28/h6-8,15,19-23,30-32H,2-5,9-14,16H2,1H3,(H,29,33). The highest BCUT2D eigenvalue weighted by Gasteiger charge is 2.40. The van der Waals surface area contributed by atoms with Crippen LogP contribution in [0.4, 0.5) is 13.2 Å². The van der Waals surface area contributed by atoms with Crippen LogP contribution in [0.3, 0.4) is 0 Å². The molecule has 5 unspecified atom stereocenters. The lowest BCUT2D eigenvalue weighted by Crippen LogP contribution is -2.28. The molecule has 11 heteroatoms. The highest BCUT2D eigenvalue weighted by molar-refractivity contribution is 7.89. The van der Waals surface area contributed by atoms with E-state index in [4.69, 9.17) is 0 Å². The first-order valence-corrected chi connectivity index (χ1v) is 14.4. The van der Waals surface area contributed by atoms with Crippen molar-refractivity contribution in [2.75, 3.05) is 6.26 Å². The number of alkyl halides is 3. The predicted molar refractivity (Wildman–Crippen MR) is 129 cm³/mol. The first kappa shape index (κ1) is 30.5. The molecule has 2 rings (SSSR count). The minimum Gasteiger partial charge on any atom is -0.393 e. The maximum absolute atomic E-state index is 12.9. The summed E-state index contributed by atoms with van der Waals surface area (Å²) in [5.41, 5.74) is -0.204. The fourth-order valence-electron chi connectivity index (χ4n) is 5.02. The van der Waals surface area contributed by atoms with Crippen LogP contribution in [0.1, 0.15) is 75.3 Å². The molecule has 4 N–H and O–H groups in total. The molecule has 0 spiro atoms. The Kier molecular flexibility index (Phi) is 11.7. The zero-order chi connectivity index (χ0) is 26.9. The van der Waals surface area contributed by atoms with Crippen LogP contribution in [0.5, 0.6) is 0 Å². The van der Waals surface area contributed by atoms with E-state index in [1.165, 1.54) is 6.07 Å². The number of hydrogen-bond donors (Lipinski definition) is 4. The third-order valence-electron chi connectivity index (χ3n) is 6.87. The van der Waals surface area contributed by atoms with Gasteiger partial charge in [-0.2, -0.15) is 13.2 Å². The SMILES string of the molecule is CS(=O)(=O)NC(=O)CCCCCCC1C(O)CC(O)C1CCC(O)CCc1cccc(C(F)(F)F)c1. The smallest absolute Gasteiger partial charge is 0.393 e. The number of aliphatic hydroxyl groups excluding tert-OH is 3. The van der Waals surface area contributed by atoms with Crippen LogP contribution in [-0.4, -0.2) is 54.2 Å². The largest absolute Gasteiger partial charge is 0.416 e. The number of benzene rings is 1. The number of nitrogens with one attached hydrogen (secondary N) is 1. The summed E-state index contributed by atoms with van der Waals surface area (Å²) >= 11 is 0. The Hall–Kier alpha value is -1.69.